The molecule has 4 aromatic rings. The van der Waals surface area contributed by atoms with Gasteiger partial charge in [-0.1, -0.05) is 38.1 Å². The van der Waals surface area contributed by atoms with Crippen LogP contribution < -0.4 is 15.5 Å². The van der Waals surface area contributed by atoms with Crippen LogP contribution in [0.15, 0.2) is 60.9 Å². The van der Waals surface area contributed by atoms with E-state index in [1.807, 2.05) is 76.5 Å². The first kappa shape index (κ1) is 30.5. The molecule has 2 aromatic heterocycles. The first-order chi connectivity index (χ1) is 21.6. The van der Waals surface area contributed by atoms with Crippen LogP contribution >= 0.6 is 0 Å². The molecule has 2 atom stereocenters. The fourth-order valence-corrected chi connectivity index (χ4v) is 5.97. The van der Waals surface area contributed by atoms with Gasteiger partial charge in [-0.05, 0) is 55.3 Å². The average Bonchev–Trinajstić information content (AvgIpc) is 3.53. The number of carbonyl (C=O) groups is 2. The van der Waals surface area contributed by atoms with E-state index in [9.17, 15) is 14.7 Å². The number of aliphatic hydroxyl groups excluding tert-OH is 1. The number of nitrogens with zero attached hydrogens (tertiary/aromatic N) is 7. The largest absolute Gasteiger partial charge is 0.395 e. The third-order valence-electron chi connectivity index (χ3n) is 8.93. The van der Waals surface area contributed by atoms with Crippen molar-refractivity contribution in [2.45, 2.75) is 44.2 Å². The summed E-state index contributed by atoms with van der Waals surface area (Å²) < 4.78 is 1.71. The summed E-state index contributed by atoms with van der Waals surface area (Å²) in [5.41, 5.74) is 3.57. The number of fused-ring (bicyclic) bond motifs is 1. The fourth-order valence-electron chi connectivity index (χ4n) is 5.97. The number of hydrogen-bond donors (Lipinski definition) is 3. The highest BCUT2D eigenvalue weighted by molar-refractivity contribution is 5.94. The molecule has 12 heteroatoms. The molecular formula is C33H41N9O3. The van der Waals surface area contributed by atoms with Gasteiger partial charge in [0.15, 0.2) is 11.5 Å². The third-order valence-corrected chi connectivity index (χ3v) is 8.93. The zero-order chi connectivity index (χ0) is 31.7. The van der Waals surface area contributed by atoms with Crippen molar-refractivity contribution >= 4 is 34.9 Å². The second-order valence-electron chi connectivity index (χ2n) is 12.7. The van der Waals surface area contributed by atoms with Crippen molar-refractivity contribution in [3.8, 4) is 0 Å². The Morgan fingerprint density at radius 1 is 1.04 bits per heavy atom. The van der Waals surface area contributed by atoms with Crippen LogP contribution in [0.4, 0.5) is 17.5 Å². The molecule has 45 heavy (non-hydrogen) atoms. The molecule has 3 N–H and O–H groups in total. The van der Waals surface area contributed by atoms with Crippen molar-refractivity contribution in [1.82, 2.24) is 34.7 Å². The Balaban J connectivity index is 1.16. The van der Waals surface area contributed by atoms with E-state index in [1.54, 1.807) is 21.8 Å². The Labute approximate surface area is 263 Å². The first-order valence-electron chi connectivity index (χ1n) is 15.4. The van der Waals surface area contributed by atoms with Crippen LogP contribution in [0, 0.1) is 0 Å². The average molecular weight is 612 g/mol. The van der Waals surface area contributed by atoms with Crippen LogP contribution in [-0.2, 0) is 10.2 Å². The van der Waals surface area contributed by atoms with Gasteiger partial charge in [-0.3, -0.25) is 14.5 Å². The molecule has 0 spiro atoms. The summed E-state index contributed by atoms with van der Waals surface area (Å²) in [5.74, 6) is 1.09. The molecule has 2 aliphatic rings. The predicted molar refractivity (Wildman–Crippen MR) is 173 cm³/mol. The Bertz CT molecular complexity index is 1670. The highest BCUT2D eigenvalue weighted by Crippen LogP contribution is 2.28. The molecule has 12 nitrogen and oxygen atoms in total. The number of aliphatic hydroxyl groups is 1. The lowest BCUT2D eigenvalue weighted by Gasteiger charge is -2.37. The fraction of sp³-hybridized carbons (Fsp3) is 0.424. The Morgan fingerprint density at radius 3 is 2.53 bits per heavy atom. The summed E-state index contributed by atoms with van der Waals surface area (Å²) in [4.78, 5) is 41.2. The molecule has 0 saturated carbocycles. The Morgan fingerprint density at radius 2 is 1.80 bits per heavy atom. The minimum Gasteiger partial charge on any atom is -0.395 e. The number of piperidine rings is 1. The Kier molecular flexibility index (Phi) is 8.43. The number of rotatable bonds is 8. The van der Waals surface area contributed by atoms with Gasteiger partial charge >= 0.3 is 0 Å². The number of benzene rings is 2. The van der Waals surface area contributed by atoms with Crippen molar-refractivity contribution in [3.63, 3.8) is 0 Å². The van der Waals surface area contributed by atoms with Crippen LogP contribution in [0.5, 0.6) is 0 Å². The van der Waals surface area contributed by atoms with E-state index < -0.39 is 0 Å². The number of likely N-dealkylation sites (N-methyl/N-ethyl adjacent to an activating group) is 2. The van der Waals surface area contributed by atoms with Gasteiger partial charge in [0.1, 0.15) is 6.04 Å². The molecular weight excluding hydrogens is 570 g/mol. The molecule has 2 aromatic carbocycles. The normalized spacial score (nSPS) is 19.6. The number of imidazole rings is 1. The van der Waals surface area contributed by atoms with E-state index >= 15 is 0 Å². The van der Waals surface area contributed by atoms with Crippen molar-refractivity contribution in [2.24, 2.45) is 0 Å². The van der Waals surface area contributed by atoms with Crippen LogP contribution in [0.25, 0.3) is 5.65 Å². The van der Waals surface area contributed by atoms with E-state index in [1.165, 1.54) is 0 Å². The summed E-state index contributed by atoms with van der Waals surface area (Å²) in [7, 11) is 3.83. The topological polar surface area (TPSA) is 131 Å². The van der Waals surface area contributed by atoms with Gasteiger partial charge in [-0.25, -0.2) is 9.50 Å². The van der Waals surface area contributed by atoms with Gasteiger partial charge in [-0.2, -0.15) is 4.98 Å². The second kappa shape index (κ2) is 12.4. The maximum absolute atomic E-state index is 13.1. The molecule has 6 rings (SSSR count). The smallest absolute Gasteiger partial charge is 0.251 e. The molecule has 4 heterocycles. The molecule has 2 amide bonds. The summed E-state index contributed by atoms with van der Waals surface area (Å²) in [6.07, 6.45) is 5.22. The SMILES string of the molecule is CN1CCN(C)C(c2ccc(Nc3nc(N4CCCC(NC(=O)c5ccc(C(C)(C)CO)cc5)C4)nn4ccnc34)cc2)C1=O. The van der Waals surface area contributed by atoms with Gasteiger partial charge in [0, 0.05) is 68.3 Å². The van der Waals surface area contributed by atoms with E-state index in [2.05, 4.69) is 25.4 Å². The highest BCUT2D eigenvalue weighted by Gasteiger charge is 2.32. The number of piperazine rings is 1. The lowest BCUT2D eigenvalue weighted by Crippen LogP contribution is -2.48. The first-order valence-corrected chi connectivity index (χ1v) is 15.4. The van der Waals surface area contributed by atoms with E-state index in [-0.39, 0.29) is 35.9 Å². The van der Waals surface area contributed by atoms with Gasteiger partial charge < -0.3 is 25.5 Å². The number of amides is 2. The van der Waals surface area contributed by atoms with Gasteiger partial charge in [-0.15, -0.1) is 5.10 Å². The lowest BCUT2D eigenvalue weighted by molar-refractivity contribution is -0.139. The van der Waals surface area contributed by atoms with Crippen LogP contribution in [0.2, 0.25) is 0 Å². The zero-order valence-electron chi connectivity index (χ0n) is 26.3. The third kappa shape index (κ3) is 6.34. The highest BCUT2D eigenvalue weighted by atomic mass is 16.3. The quantitative estimate of drug-likeness (QED) is 0.275. The summed E-state index contributed by atoms with van der Waals surface area (Å²) >= 11 is 0. The minimum atomic E-state index is -0.365. The molecule has 0 aliphatic carbocycles. The number of nitrogens with one attached hydrogen (secondary N) is 2. The van der Waals surface area contributed by atoms with Crippen LogP contribution in [0.1, 0.15) is 54.2 Å². The van der Waals surface area contributed by atoms with Crippen molar-refractivity contribution < 1.29 is 14.7 Å². The molecule has 0 radical (unpaired) electrons. The molecule has 2 saturated heterocycles. The molecule has 2 aliphatic heterocycles. The maximum Gasteiger partial charge on any atom is 0.251 e. The van der Waals surface area contributed by atoms with Gasteiger partial charge in [0.25, 0.3) is 5.91 Å². The molecule has 2 unspecified atom stereocenters. The standard InChI is InChI=1S/C33H41N9O3/c1-33(2,21-43)24-11-7-23(8-12-24)30(44)36-26-6-5-16-41(20-26)32-37-28(29-34-15-17-42(29)38-32)35-25-13-9-22(10-14-25)27-31(45)40(4)19-18-39(27)3/h7-15,17,26-27,43H,5-6,16,18-21H2,1-4H3,(H,36,44)(H,35,37,38). The predicted octanol–water partition coefficient (Wildman–Crippen LogP) is 2.98. The summed E-state index contributed by atoms with van der Waals surface area (Å²) in [6, 6.07) is 14.9. The maximum atomic E-state index is 13.1. The van der Waals surface area contributed by atoms with Crippen molar-refractivity contribution in [1.29, 1.82) is 0 Å². The molecule has 236 valence electrons. The number of carbonyl (C=O) groups excluding carboxylic acids is 2. The summed E-state index contributed by atoms with van der Waals surface area (Å²) in [6.45, 7) is 6.87. The van der Waals surface area contributed by atoms with Crippen LogP contribution in [0.3, 0.4) is 0 Å². The number of hydrogen-bond acceptors (Lipinski definition) is 9. The molecule has 2 fully saturated rings. The van der Waals surface area contributed by atoms with Gasteiger partial charge in [0.2, 0.25) is 11.9 Å². The van der Waals surface area contributed by atoms with E-state index in [0.717, 1.165) is 49.3 Å². The minimum absolute atomic E-state index is 0.0330. The van der Waals surface area contributed by atoms with E-state index in [4.69, 9.17) is 10.1 Å². The Hall–Kier alpha value is -4.55. The lowest BCUT2D eigenvalue weighted by atomic mass is 9.85. The van der Waals surface area contributed by atoms with E-state index in [0.29, 0.717) is 29.5 Å². The zero-order valence-corrected chi connectivity index (χ0v) is 26.3. The number of aromatic nitrogens is 4. The van der Waals surface area contributed by atoms with Crippen molar-refractivity contribution in [2.75, 3.05) is 57.1 Å². The summed E-state index contributed by atoms with van der Waals surface area (Å²) in [5, 5.41) is 21.0. The van der Waals surface area contributed by atoms with Crippen LogP contribution in [-0.4, -0.2) is 99.2 Å². The van der Waals surface area contributed by atoms with Gasteiger partial charge in [0.05, 0.1) is 6.61 Å². The monoisotopic (exact) mass is 611 g/mol. The van der Waals surface area contributed by atoms with Crippen molar-refractivity contribution in [3.05, 3.63) is 77.6 Å². The number of anilines is 3. The molecule has 0 bridgehead atoms. The second-order valence-corrected chi connectivity index (χ2v) is 12.7.